The van der Waals surface area contributed by atoms with E-state index >= 15 is 0 Å². The summed E-state index contributed by atoms with van der Waals surface area (Å²) in [6.07, 6.45) is 4.44. The van der Waals surface area contributed by atoms with Crippen LogP contribution >= 0.6 is 22.7 Å². The number of hydrogen-bond donors (Lipinski definition) is 1. The van der Waals surface area contributed by atoms with Gasteiger partial charge in [-0.25, -0.2) is 13.2 Å². The van der Waals surface area contributed by atoms with Crippen LogP contribution in [-0.2, 0) is 48.3 Å². The maximum Gasteiger partial charge on any atom is 0.341 e. The Bertz CT molecular complexity index is 1530. The third kappa shape index (κ3) is 6.57. The number of thiazole rings is 1. The molecule has 2 aromatic heterocycles. The van der Waals surface area contributed by atoms with E-state index in [1.165, 1.54) is 29.8 Å². The first-order valence-corrected chi connectivity index (χ1v) is 15.6. The van der Waals surface area contributed by atoms with Gasteiger partial charge in [0.2, 0.25) is 5.91 Å². The summed E-state index contributed by atoms with van der Waals surface area (Å²) >= 11 is 2.54. The van der Waals surface area contributed by atoms with Gasteiger partial charge in [-0.1, -0.05) is 29.9 Å². The zero-order chi connectivity index (χ0) is 27.3. The fourth-order valence-electron chi connectivity index (χ4n) is 4.39. The van der Waals surface area contributed by atoms with E-state index in [0.717, 1.165) is 46.3 Å². The van der Waals surface area contributed by atoms with Crippen molar-refractivity contribution in [2.75, 3.05) is 37.6 Å². The van der Waals surface area contributed by atoms with Gasteiger partial charge in [0.25, 0.3) is 5.91 Å². The minimum absolute atomic E-state index is 0.282. The number of nitrogens with zero attached hydrogens (tertiary/aromatic N) is 2. The third-order valence-corrected chi connectivity index (χ3v) is 9.74. The van der Waals surface area contributed by atoms with Gasteiger partial charge < -0.3 is 19.4 Å². The molecule has 0 atom stereocenters. The summed E-state index contributed by atoms with van der Waals surface area (Å²) in [7, 11) is -1.29. The van der Waals surface area contributed by atoms with E-state index in [9.17, 15) is 22.8 Å². The van der Waals surface area contributed by atoms with E-state index in [2.05, 4.69) is 10.3 Å². The topological polar surface area (TPSA) is 133 Å². The van der Waals surface area contributed by atoms with Crippen molar-refractivity contribution in [3.05, 3.63) is 45.1 Å². The van der Waals surface area contributed by atoms with Gasteiger partial charge in [-0.3, -0.25) is 9.59 Å². The molecule has 1 aliphatic rings. The average molecular weight is 580 g/mol. The van der Waals surface area contributed by atoms with E-state index in [4.69, 9.17) is 9.47 Å². The highest BCUT2D eigenvalue weighted by molar-refractivity contribution is 7.92. The van der Waals surface area contributed by atoms with Gasteiger partial charge in [-0.2, -0.15) is 4.99 Å². The van der Waals surface area contributed by atoms with E-state index in [1.807, 2.05) is 24.3 Å². The molecule has 38 heavy (non-hydrogen) atoms. The molecular formula is C25H29N3O7S3. The second-order valence-electron chi connectivity index (χ2n) is 8.84. The van der Waals surface area contributed by atoms with Gasteiger partial charge in [-0.15, -0.1) is 11.3 Å². The molecule has 3 aromatic rings. The average Bonchev–Trinajstić information content (AvgIpc) is 3.28. The lowest BCUT2D eigenvalue weighted by atomic mass is 10.1. The lowest BCUT2D eigenvalue weighted by Gasteiger charge is -2.08. The van der Waals surface area contributed by atoms with Crippen LogP contribution < -0.4 is 10.1 Å². The maximum absolute atomic E-state index is 12.7. The summed E-state index contributed by atoms with van der Waals surface area (Å²) in [4.78, 5) is 43.2. The lowest BCUT2D eigenvalue weighted by Crippen LogP contribution is -2.28. The third-order valence-electron chi connectivity index (χ3n) is 6.09. The van der Waals surface area contributed by atoms with Crippen LogP contribution in [0.15, 0.2) is 29.3 Å². The van der Waals surface area contributed by atoms with Crippen LogP contribution in [0.25, 0.3) is 10.2 Å². The summed E-state index contributed by atoms with van der Waals surface area (Å²) < 4.78 is 38.2. The molecule has 0 saturated heterocycles. The molecule has 1 aromatic carbocycles. The molecule has 2 heterocycles. The predicted octanol–water partition coefficient (Wildman–Crippen LogP) is 2.95. The number of sulfone groups is 1. The summed E-state index contributed by atoms with van der Waals surface area (Å²) in [5, 5.41) is 2.86. The van der Waals surface area contributed by atoms with Crippen molar-refractivity contribution in [1.82, 2.24) is 4.57 Å². The van der Waals surface area contributed by atoms with Gasteiger partial charge in [-0.05, 0) is 43.4 Å². The number of hydrogen-bond acceptors (Lipinski definition) is 9. The molecule has 0 bridgehead atoms. The Morgan fingerprint density at radius 3 is 2.58 bits per heavy atom. The van der Waals surface area contributed by atoms with Crippen molar-refractivity contribution in [1.29, 1.82) is 0 Å². The SMILES string of the molecule is COCCn1c(=NC(=O)CS(=O)(=O)CC(=O)Nc2sc3c(c2C(=O)OC)CCCCC3)sc2ccccc21. The molecule has 0 unspecified atom stereocenters. The normalized spacial score (nSPS) is 14.2. The smallest absolute Gasteiger partial charge is 0.341 e. The van der Waals surface area contributed by atoms with Crippen LogP contribution in [0.2, 0.25) is 0 Å². The summed E-state index contributed by atoms with van der Waals surface area (Å²) in [6, 6.07) is 7.51. The van der Waals surface area contributed by atoms with Crippen molar-refractivity contribution < 1.29 is 32.3 Å². The number of rotatable bonds is 9. The largest absolute Gasteiger partial charge is 0.465 e. The highest BCUT2D eigenvalue weighted by atomic mass is 32.2. The van der Waals surface area contributed by atoms with Gasteiger partial charge in [0.15, 0.2) is 14.6 Å². The van der Waals surface area contributed by atoms with Gasteiger partial charge >= 0.3 is 5.97 Å². The number of nitrogens with one attached hydrogen (secondary N) is 1. The lowest BCUT2D eigenvalue weighted by molar-refractivity contribution is -0.115. The van der Waals surface area contributed by atoms with Crippen molar-refractivity contribution >= 4 is 65.5 Å². The second kappa shape index (κ2) is 12.3. The molecule has 0 aliphatic heterocycles. The molecule has 4 rings (SSSR count). The number of thiophene rings is 1. The number of carbonyl (C=O) groups is 3. The zero-order valence-electron chi connectivity index (χ0n) is 21.2. The molecule has 0 saturated carbocycles. The van der Waals surface area contributed by atoms with Crippen LogP contribution in [0.5, 0.6) is 0 Å². The molecule has 1 aliphatic carbocycles. The summed E-state index contributed by atoms with van der Waals surface area (Å²) in [6.45, 7) is 0.829. The van der Waals surface area contributed by atoms with Crippen LogP contribution in [0.3, 0.4) is 0 Å². The number of fused-ring (bicyclic) bond motifs is 2. The van der Waals surface area contributed by atoms with Crippen molar-refractivity contribution in [2.24, 2.45) is 4.99 Å². The van der Waals surface area contributed by atoms with Crippen LogP contribution in [0.4, 0.5) is 5.00 Å². The van der Waals surface area contributed by atoms with E-state index in [1.54, 1.807) is 11.7 Å². The number of amides is 2. The van der Waals surface area contributed by atoms with E-state index < -0.39 is 39.1 Å². The molecule has 10 nitrogen and oxygen atoms in total. The summed E-state index contributed by atoms with van der Waals surface area (Å²) in [5.74, 6) is -4.08. The molecule has 204 valence electrons. The Morgan fingerprint density at radius 2 is 1.82 bits per heavy atom. The van der Waals surface area contributed by atoms with Crippen molar-refractivity contribution in [2.45, 2.75) is 38.6 Å². The first kappa shape index (κ1) is 28.1. The first-order chi connectivity index (χ1) is 18.2. The van der Waals surface area contributed by atoms with Gasteiger partial charge in [0.05, 0.1) is 29.5 Å². The van der Waals surface area contributed by atoms with E-state index in [-0.39, 0.29) is 10.6 Å². The quantitative estimate of drug-likeness (QED) is 0.304. The van der Waals surface area contributed by atoms with Crippen LogP contribution in [0.1, 0.15) is 40.1 Å². The zero-order valence-corrected chi connectivity index (χ0v) is 23.6. The molecule has 0 fully saturated rings. The molecular weight excluding hydrogens is 550 g/mol. The highest BCUT2D eigenvalue weighted by Gasteiger charge is 2.28. The number of anilines is 1. The minimum Gasteiger partial charge on any atom is -0.465 e. The molecule has 13 heteroatoms. The molecule has 2 amide bonds. The number of aromatic nitrogens is 1. The number of ether oxygens (including phenoxy) is 2. The van der Waals surface area contributed by atoms with Gasteiger partial charge in [0.1, 0.15) is 16.5 Å². The Morgan fingerprint density at radius 1 is 1.05 bits per heavy atom. The number of carbonyl (C=O) groups excluding carboxylic acids is 3. The predicted molar refractivity (Wildman–Crippen MR) is 146 cm³/mol. The van der Waals surface area contributed by atoms with Gasteiger partial charge in [0, 0.05) is 18.5 Å². The Kier molecular flexibility index (Phi) is 9.13. The number of aryl methyl sites for hydroxylation is 1. The van der Waals surface area contributed by atoms with Crippen LogP contribution in [-0.4, -0.2) is 63.1 Å². The first-order valence-electron chi connectivity index (χ1n) is 12.1. The molecule has 0 spiro atoms. The second-order valence-corrected chi connectivity index (χ2v) is 13.0. The maximum atomic E-state index is 12.7. The molecule has 1 N–H and O–H groups in total. The fraction of sp³-hybridized carbons (Fsp3) is 0.440. The number of benzene rings is 1. The fourth-order valence-corrected chi connectivity index (χ4v) is 7.78. The monoisotopic (exact) mass is 579 g/mol. The summed E-state index contributed by atoms with van der Waals surface area (Å²) in [5.41, 5.74) is 2.01. The Hall–Kier alpha value is -2.87. The minimum atomic E-state index is -4.12. The molecule has 0 radical (unpaired) electrons. The number of para-hydroxylation sites is 1. The van der Waals surface area contributed by atoms with E-state index in [0.29, 0.717) is 24.4 Å². The highest BCUT2D eigenvalue weighted by Crippen LogP contribution is 2.38. The number of methoxy groups -OCH3 is 2. The van der Waals surface area contributed by atoms with Crippen LogP contribution in [0, 0.1) is 0 Å². The van der Waals surface area contributed by atoms with Crippen molar-refractivity contribution in [3.63, 3.8) is 0 Å². The Balaban J connectivity index is 1.50. The van der Waals surface area contributed by atoms with Crippen molar-refractivity contribution in [3.8, 4) is 0 Å². The standard InChI is InChI=1S/C25H29N3O7S3/c1-34-13-12-28-17-9-6-7-11-19(17)37-25(28)27-21(30)15-38(32,33)14-20(29)26-23-22(24(31)35-2)16-8-4-3-5-10-18(16)36-23/h6-7,9,11H,3-5,8,10,12-15H2,1-2H3,(H,26,29). The number of esters is 1. The Labute approximate surface area is 228 Å².